The first kappa shape index (κ1) is 25.7. The van der Waals surface area contributed by atoms with Gasteiger partial charge in [0.1, 0.15) is 5.69 Å². The number of ether oxygens (including phenoxy) is 1. The Morgan fingerprint density at radius 1 is 1.18 bits per heavy atom. The third kappa shape index (κ3) is 4.93. The molecule has 2 aromatic heterocycles. The van der Waals surface area contributed by atoms with Gasteiger partial charge in [-0.3, -0.25) is 19.5 Å². The summed E-state index contributed by atoms with van der Waals surface area (Å²) in [7, 11) is 0. The number of nitrogens with zero attached hydrogens (tertiary/aromatic N) is 4. The Labute approximate surface area is 217 Å². The number of halogens is 3. The lowest BCUT2D eigenvalue weighted by Crippen LogP contribution is -2.46. The van der Waals surface area contributed by atoms with Gasteiger partial charge in [0.05, 0.1) is 24.9 Å². The van der Waals surface area contributed by atoms with E-state index >= 15 is 0 Å². The molecular formula is C27H26F3N5O3. The second-order valence-corrected chi connectivity index (χ2v) is 9.24. The van der Waals surface area contributed by atoms with Crippen molar-refractivity contribution in [1.29, 1.82) is 0 Å². The number of aromatic nitrogens is 2. The van der Waals surface area contributed by atoms with Gasteiger partial charge in [-0.25, -0.2) is 4.98 Å². The molecule has 1 aromatic carbocycles. The zero-order valence-corrected chi connectivity index (χ0v) is 20.9. The highest BCUT2D eigenvalue weighted by molar-refractivity contribution is 6.04. The predicted octanol–water partition coefficient (Wildman–Crippen LogP) is 4.68. The van der Waals surface area contributed by atoms with Gasteiger partial charge >= 0.3 is 6.18 Å². The molecule has 5 rings (SSSR count). The molecule has 2 aliphatic rings. The number of rotatable bonds is 4. The van der Waals surface area contributed by atoms with Crippen LogP contribution in [0.5, 0.6) is 0 Å². The van der Waals surface area contributed by atoms with Gasteiger partial charge in [-0.05, 0) is 55.3 Å². The number of nitrogens with one attached hydrogen (secondary N) is 1. The molecule has 0 aliphatic carbocycles. The van der Waals surface area contributed by atoms with Gasteiger partial charge in [0.15, 0.2) is 5.82 Å². The number of carbonyl (C=O) groups is 2. The molecule has 198 valence electrons. The molecule has 2 aliphatic heterocycles. The number of fused-ring (bicyclic) bond motifs is 3. The maximum absolute atomic E-state index is 13.0. The number of benzene rings is 1. The van der Waals surface area contributed by atoms with Gasteiger partial charge in [-0.15, -0.1) is 0 Å². The fourth-order valence-corrected chi connectivity index (χ4v) is 4.85. The largest absolute Gasteiger partial charge is 0.433 e. The molecule has 1 atom stereocenters. The van der Waals surface area contributed by atoms with E-state index < -0.39 is 17.8 Å². The second-order valence-electron chi connectivity index (χ2n) is 9.24. The number of carbonyl (C=O) groups excluding carboxylic acids is 2. The Bertz CT molecular complexity index is 1390. The van der Waals surface area contributed by atoms with Gasteiger partial charge in [0, 0.05) is 48.7 Å². The van der Waals surface area contributed by atoms with E-state index in [-0.39, 0.29) is 17.5 Å². The summed E-state index contributed by atoms with van der Waals surface area (Å²) in [4.78, 5) is 37.5. The Morgan fingerprint density at radius 2 is 2.00 bits per heavy atom. The van der Waals surface area contributed by atoms with Gasteiger partial charge in [-0.1, -0.05) is 6.07 Å². The van der Waals surface area contributed by atoms with Gasteiger partial charge < -0.3 is 15.0 Å². The molecule has 1 fully saturated rings. The molecule has 2 amide bonds. The number of hydrogen-bond acceptors (Lipinski definition) is 6. The van der Waals surface area contributed by atoms with Crippen LogP contribution in [0.25, 0.3) is 11.1 Å². The van der Waals surface area contributed by atoms with E-state index in [1.807, 2.05) is 26.0 Å². The van der Waals surface area contributed by atoms with E-state index in [9.17, 15) is 22.8 Å². The van der Waals surface area contributed by atoms with Crippen LogP contribution < -0.4 is 15.1 Å². The van der Waals surface area contributed by atoms with Crippen molar-refractivity contribution >= 4 is 29.0 Å². The minimum absolute atomic E-state index is 0.00215. The number of morpholine rings is 1. The molecule has 8 nitrogen and oxygen atoms in total. The van der Waals surface area contributed by atoms with Crippen molar-refractivity contribution in [3.8, 4) is 11.1 Å². The summed E-state index contributed by atoms with van der Waals surface area (Å²) < 4.78 is 44.7. The first-order valence-electron chi connectivity index (χ1n) is 12.3. The highest BCUT2D eigenvalue weighted by Gasteiger charge is 2.35. The zero-order valence-electron chi connectivity index (χ0n) is 20.9. The van der Waals surface area contributed by atoms with Crippen LogP contribution in [0.4, 0.5) is 30.4 Å². The molecule has 38 heavy (non-hydrogen) atoms. The molecule has 1 saturated heterocycles. The minimum Gasteiger partial charge on any atom is -0.377 e. The number of anilines is 3. The zero-order chi connectivity index (χ0) is 27.0. The van der Waals surface area contributed by atoms with Crippen molar-refractivity contribution in [3.63, 3.8) is 0 Å². The summed E-state index contributed by atoms with van der Waals surface area (Å²) in [6.07, 6.45) is -1.65. The van der Waals surface area contributed by atoms with Crippen LogP contribution >= 0.6 is 0 Å². The molecule has 4 heterocycles. The molecule has 1 N–H and O–H groups in total. The lowest BCUT2D eigenvalue weighted by atomic mass is 10.00. The van der Waals surface area contributed by atoms with Gasteiger partial charge in [0.2, 0.25) is 5.91 Å². The molecule has 1 unspecified atom stereocenters. The molecule has 0 saturated carbocycles. The summed E-state index contributed by atoms with van der Waals surface area (Å²) in [6, 6.07) is 9.14. The van der Waals surface area contributed by atoms with E-state index in [4.69, 9.17) is 4.74 Å². The van der Waals surface area contributed by atoms with E-state index in [0.29, 0.717) is 44.2 Å². The standard InChI is InChI=1S/C27H26F3N5O3/c1-3-34-24(36)13-20-15-38-9-8-35(20)22-10-18(14-32-25(22)34)21-12-19(5-4-16(21)2)33-26(37)17-6-7-31-23(11-17)27(28,29)30/h4-7,10-12,14,20H,3,8-9,13,15H2,1-2H3,(H,33,37). The molecule has 0 spiro atoms. The Balaban J connectivity index is 1.48. The average Bonchev–Trinajstić information content (AvgIpc) is 3.02. The maximum atomic E-state index is 13.0. The number of pyridine rings is 2. The molecule has 0 bridgehead atoms. The number of alkyl halides is 3. The van der Waals surface area contributed by atoms with Crippen LogP contribution in [0.3, 0.4) is 0 Å². The first-order chi connectivity index (χ1) is 18.2. The second kappa shape index (κ2) is 10.1. The molecule has 11 heteroatoms. The van der Waals surface area contributed by atoms with Crippen molar-refractivity contribution in [3.05, 3.63) is 65.6 Å². The summed E-state index contributed by atoms with van der Waals surface area (Å²) >= 11 is 0. The quantitative estimate of drug-likeness (QED) is 0.532. The van der Waals surface area contributed by atoms with E-state index in [2.05, 4.69) is 20.2 Å². The van der Waals surface area contributed by atoms with Gasteiger partial charge in [-0.2, -0.15) is 13.2 Å². The third-order valence-corrected chi connectivity index (χ3v) is 6.79. The molecule has 3 aromatic rings. The van der Waals surface area contributed by atoms with Crippen LogP contribution in [0.15, 0.2) is 48.8 Å². The minimum atomic E-state index is -4.65. The third-order valence-electron chi connectivity index (χ3n) is 6.79. The smallest absolute Gasteiger partial charge is 0.377 e. The average molecular weight is 526 g/mol. The Morgan fingerprint density at radius 3 is 2.76 bits per heavy atom. The van der Waals surface area contributed by atoms with E-state index in [1.165, 1.54) is 6.07 Å². The lowest BCUT2D eigenvalue weighted by molar-refractivity contribution is -0.141. The normalized spacial score (nSPS) is 17.5. The highest BCUT2D eigenvalue weighted by Crippen LogP contribution is 2.38. The predicted molar refractivity (Wildman–Crippen MR) is 136 cm³/mol. The molecule has 0 radical (unpaired) electrons. The number of aryl methyl sites for hydroxylation is 1. The van der Waals surface area contributed by atoms with Crippen LogP contribution in [0.2, 0.25) is 0 Å². The SMILES string of the molecule is CCN1C(=O)CC2COCCN2c2cc(-c3cc(NC(=O)c4ccnc(C(F)(F)F)c4)ccc3C)cnc21. The maximum Gasteiger partial charge on any atom is 0.433 e. The van der Waals surface area contributed by atoms with E-state index in [1.54, 1.807) is 23.2 Å². The van der Waals surface area contributed by atoms with Crippen molar-refractivity contribution in [2.75, 3.05) is 41.4 Å². The summed E-state index contributed by atoms with van der Waals surface area (Å²) in [6.45, 7) is 5.96. The first-order valence-corrected chi connectivity index (χ1v) is 12.3. The summed E-state index contributed by atoms with van der Waals surface area (Å²) in [5.74, 6) is -0.0791. The van der Waals surface area contributed by atoms with Crippen molar-refractivity contribution in [2.45, 2.75) is 32.5 Å². The summed E-state index contributed by atoms with van der Waals surface area (Å²) in [5.41, 5.74) is 2.49. The number of amides is 2. The summed E-state index contributed by atoms with van der Waals surface area (Å²) in [5, 5.41) is 2.68. The lowest BCUT2D eigenvalue weighted by Gasteiger charge is -2.36. The topological polar surface area (TPSA) is 87.7 Å². The van der Waals surface area contributed by atoms with Crippen molar-refractivity contribution < 1.29 is 27.5 Å². The van der Waals surface area contributed by atoms with Crippen LogP contribution in [-0.4, -0.2) is 54.1 Å². The van der Waals surface area contributed by atoms with Crippen molar-refractivity contribution in [1.82, 2.24) is 9.97 Å². The fourth-order valence-electron chi connectivity index (χ4n) is 4.85. The number of hydrogen-bond donors (Lipinski definition) is 1. The Kier molecular flexibility index (Phi) is 6.78. The van der Waals surface area contributed by atoms with Crippen molar-refractivity contribution in [2.24, 2.45) is 0 Å². The van der Waals surface area contributed by atoms with Crippen LogP contribution in [-0.2, 0) is 15.7 Å². The van der Waals surface area contributed by atoms with E-state index in [0.717, 1.165) is 34.6 Å². The fraction of sp³-hybridized carbons (Fsp3) is 0.333. The molecular weight excluding hydrogens is 499 g/mol. The van der Waals surface area contributed by atoms with Crippen LogP contribution in [0, 0.1) is 6.92 Å². The highest BCUT2D eigenvalue weighted by atomic mass is 19.4. The van der Waals surface area contributed by atoms with Gasteiger partial charge in [0.25, 0.3) is 5.91 Å². The van der Waals surface area contributed by atoms with Crippen LogP contribution in [0.1, 0.15) is 35.0 Å². The Hall–Kier alpha value is -3.99. The monoisotopic (exact) mass is 525 g/mol.